The predicted octanol–water partition coefficient (Wildman–Crippen LogP) is 4.58. The summed E-state index contributed by atoms with van der Waals surface area (Å²) in [6.45, 7) is 6.91. The first-order valence-electron chi connectivity index (χ1n) is 8.65. The smallest absolute Gasteiger partial charge is 0.168 e. The molecular formula is C20H23F2NO2. The molecular weight excluding hydrogens is 324 g/mol. The molecule has 1 unspecified atom stereocenters. The average Bonchev–Trinajstić information content (AvgIpc) is 2.63. The number of nitrogens with zero attached hydrogens (tertiary/aromatic N) is 1. The van der Waals surface area contributed by atoms with Gasteiger partial charge in [0, 0.05) is 19.2 Å². The lowest BCUT2D eigenvalue weighted by Gasteiger charge is -2.27. The van der Waals surface area contributed by atoms with Crippen molar-refractivity contribution in [2.45, 2.75) is 19.3 Å². The lowest BCUT2D eigenvalue weighted by atomic mass is 9.97. The van der Waals surface area contributed by atoms with E-state index in [4.69, 9.17) is 9.47 Å². The maximum Gasteiger partial charge on any atom is 0.168 e. The zero-order valence-electron chi connectivity index (χ0n) is 14.4. The van der Waals surface area contributed by atoms with Gasteiger partial charge >= 0.3 is 0 Å². The van der Waals surface area contributed by atoms with Crippen LogP contribution < -0.4 is 4.74 Å². The van der Waals surface area contributed by atoms with Crippen molar-refractivity contribution in [3.8, 4) is 11.5 Å². The molecule has 1 aliphatic rings. The lowest BCUT2D eigenvalue weighted by Crippen LogP contribution is -2.37. The van der Waals surface area contributed by atoms with Crippen LogP contribution in [0.25, 0.3) is 0 Å². The Morgan fingerprint density at radius 3 is 2.48 bits per heavy atom. The van der Waals surface area contributed by atoms with Crippen LogP contribution in [0.2, 0.25) is 0 Å². The van der Waals surface area contributed by atoms with Crippen LogP contribution in [-0.2, 0) is 4.74 Å². The SMILES string of the molecule is CC(CCN1CCOCC1)c1ccc(Oc2ccc(F)cc2F)cc1. The highest BCUT2D eigenvalue weighted by Crippen LogP contribution is 2.27. The van der Waals surface area contributed by atoms with E-state index >= 15 is 0 Å². The van der Waals surface area contributed by atoms with E-state index in [1.807, 2.05) is 24.3 Å². The van der Waals surface area contributed by atoms with Gasteiger partial charge in [-0.05, 0) is 48.7 Å². The first-order valence-corrected chi connectivity index (χ1v) is 8.65. The number of halogens is 2. The zero-order chi connectivity index (χ0) is 17.6. The van der Waals surface area contributed by atoms with Crippen LogP contribution in [0.15, 0.2) is 42.5 Å². The van der Waals surface area contributed by atoms with Gasteiger partial charge in [0.2, 0.25) is 0 Å². The Morgan fingerprint density at radius 1 is 1.08 bits per heavy atom. The number of hydrogen-bond donors (Lipinski definition) is 0. The van der Waals surface area contributed by atoms with Crippen LogP contribution in [0, 0.1) is 11.6 Å². The van der Waals surface area contributed by atoms with Gasteiger partial charge < -0.3 is 9.47 Å². The summed E-state index contributed by atoms with van der Waals surface area (Å²) in [5.74, 6) is -0.333. The third-order valence-corrected chi connectivity index (χ3v) is 4.55. The maximum absolute atomic E-state index is 13.6. The van der Waals surface area contributed by atoms with E-state index in [0.717, 1.165) is 45.3 Å². The average molecular weight is 347 g/mol. The molecule has 5 heteroatoms. The molecule has 1 atom stereocenters. The normalized spacial score (nSPS) is 16.6. The van der Waals surface area contributed by atoms with Crippen molar-refractivity contribution in [2.75, 3.05) is 32.8 Å². The molecule has 1 saturated heterocycles. The molecule has 2 aromatic rings. The third-order valence-electron chi connectivity index (χ3n) is 4.55. The molecule has 0 saturated carbocycles. The van der Waals surface area contributed by atoms with E-state index < -0.39 is 11.6 Å². The quantitative estimate of drug-likeness (QED) is 0.763. The Labute approximate surface area is 147 Å². The molecule has 2 aromatic carbocycles. The Morgan fingerprint density at radius 2 is 1.80 bits per heavy atom. The van der Waals surface area contributed by atoms with E-state index in [0.29, 0.717) is 11.7 Å². The van der Waals surface area contributed by atoms with Gasteiger partial charge in [-0.15, -0.1) is 0 Å². The van der Waals surface area contributed by atoms with Crippen LogP contribution in [0.1, 0.15) is 24.8 Å². The van der Waals surface area contributed by atoms with Crippen molar-refractivity contribution in [3.05, 3.63) is 59.7 Å². The van der Waals surface area contributed by atoms with Gasteiger partial charge in [-0.2, -0.15) is 0 Å². The molecule has 25 heavy (non-hydrogen) atoms. The van der Waals surface area contributed by atoms with Gasteiger partial charge in [0.05, 0.1) is 13.2 Å². The Kier molecular flexibility index (Phi) is 6.00. The number of benzene rings is 2. The van der Waals surface area contributed by atoms with Crippen molar-refractivity contribution in [1.29, 1.82) is 0 Å². The monoisotopic (exact) mass is 347 g/mol. The molecule has 0 N–H and O–H groups in total. The van der Waals surface area contributed by atoms with E-state index in [1.54, 1.807) is 0 Å². The Bertz CT molecular complexity index is 685. The number of rotatable bonds is 6. The Hall–Kier alpha value is -1.98. The van der Waals surface area contributed by atoms with Gasteiger partial charge in [-0.3, -0.25) is 4.90 Å². The molecule has 3 rings (SSSR count). The second kappa shape index (κ2) is 8.41. The highest BCUT2D eigenvalue weighted by atomic mass is 19.1. The van der Waals surface area contributed by atoms with Crippen LogP contribution >= 0.6 is 0 Å². The van der Waals surface area contributed by atoms with Gasteiger partial charge in [-0.1, -0.05) is 19.1 Å². The number of ether oxygens (including phenoxy) is 2. The van der Waals surface area contributed by atoms with Crippen LogP contribution in [-0.4, -0.2) is 37.7 Å². The topological polar surface area (TPSA) is 21.7 Å². The molecule has 134 valence electrons. The summed E-state index contributed by atoms with van der Waals surface area (Å²) < 4.78 is 37.4. The highest BCUT2D eigenvalue weighted by molar-refractivity contribution is 5.34. The third kappa shape index (κ3) is 5.00. The molecule has 1 fully saturated rings. The van der Waals surface area contributed by atoms with Gasteiger partial charge in [0.15, 0.2) is 11.6 Å². The minimum Gasteiger partial charge on any atom is -0.454 e. The second-order valence-corrected chi connectivity index (χ2v) is 6.39. The number of morpholine rings is 1. The fraction of sp³-hybridized carbons (Fsp3) is 0.400. The van der Waals surface area contributed by atoms with Crippen molar-refractivity contribution >= 4 is 0 Å². The molecule has 0 aliphatic carbocycles. The summed E-state index contributed by atoms with van der Waals surface area (Å²) in [5, 5.41) is 0. The van der Waals surface area contributed by atoms with E-state index in [2.05, 4.69) is 11.8 Å². The Balaban J connectivity index is 1.55. The minimum absolute atomic E-state index is 0.0227. The molecule has 1 aliphatic heterocycles. The van der Waals surface area contributed by atoms with Gasteiger partial charge in [0.25, 0.3) is 0 Å². The first kappa shape index (κ1) is 17.8. The van der Waals surface area contributed by atoms with Crippen molar-refractivity contribution in [2.24, 2.45) is 0 Å². The van der Waals surface area contributed by atoms with Crippen LogP contribution in [0.3, 0.4) is 0 Å². The lowest BCUT2D eigenvalue weighted by molar-refractivity contribution is 0.0367. The highest BCUT2D eigenvalue weighted by Gasteiger charge is 2.13. The van der Waals surface area contributed by atoms with E-state index in [-0.39, 0.29) is 5.75 Å². The van der Waals surface area contributed by atoms with Crippen LogP contribution in [0.5, 0.6) is 11.5 Å². The standard InChI is InChI=1S/C20H23F2NO2/c1-15(8-9-23-10-12-24-13-11-23)16-2-5-18(6-3-16)25-20-7-4-17(21)14-19(20)22/h2-7,14-15H,8-13H2,1H3. The summed E-state index contributed by atoms with van der Waals surface area (Å²) in [5.41, 5.74) is 1.22. The van der Waals surface area contributed by atoms with Crippen molar-refractivity contribution < 1.29 is 18.3 Å². The van der Waals surface area contributed by atoms with Crippen LogP contribution in [0.4, 0.5) is 8.78 Å². The van der Waals surface area contributed by atoms with Crippen molar-refractivity contribution in [3.63, 3.8) is 0 Å². The molecule has 1 heterocycles. The fourth-order valence-corrected chi connectivity index (χ4v) is 2.92. The summed E-state index contributed by atoms with van der Waals surface area (Å²) in [4.78, 5) is 2.43. The largest absolute Gasteiger partial charge is 0.454 e. The first-order chi connectivity index (χ1) is 12.1. The van der Waals surface area contributed by atoms with E-state index in [9.17, 15) is 8.78 Å². The summed E-state index contributed by atoms with van der Waals surface area (Å²) >= 11 is 0. The molecule has 0 aromatic heterocycles. The summed E-state index contributed by atoms with van der Waals surface area (Å²) in [6.07, 6.45) is 1.08. The second-order valence-electron chi connectivity index (χ2n) is 6.39. The fourth-order valence-electron chi connectivity index (χ4n) is 2.92. The number of hydrogen-bond acceptors (Lipinski definition) is 3. The zero-order valence-corrected chi connectivity index (χ0v) is 14.4. The summed E-state index contributed by atoms with van der Waals surface area (Å²) in [6, 6.07) is 10.9. The summed E-state index contributed by atoms with van der Waals surface area (Å²) in [7, 11) is 0. The molecule has 0 radical (unpaired) electrons. The van der Waals surface area contributed by atoms with Gasteiger partial charge in [0.1, 0.15) is 11.6 Å². The van der Waals surface area contributed by atoms with E-state index in [1.165, 1.54) is 17.7 Å². The maximum atomic E-state index is 13.6. The van der Waals surface area contributed by atoms with Gasteiger partial charge in [-0.25, -0.2) is 8.78 Å². The predicted molar refractivity (Wildman–Crippen MR) is 93.2 cm³/mol. The van der Waals surface area contributed by atoms with Crippen molar-refractivity contribution in [1.82, 2.24) is 4.90 Å². The minimum atomic E-state index is -0.706. The molecule has 3 nitrogen and oxygen atoms in total. The molecule has 0 spiro atoms. The molecule has 0 amide bonds. The molecule has 0 bridgehead atoms.